The van der Waals surface area contributed by atoms with Crippen molar-refractivity contribution < 1.29 is 5.11 Å². The van der Waals surface area contributed by atoms with Crippen molar-refractivity contribution in [2.24, 2.45) is 5.41 Å². The number of nitrogens with zero attached hydrogens (tertiary/aromatic N) is 1. The van der Waals surface area contributed by atoms with Crippen molar-refractivity contribution in [1.82, 2.24) is 10.3 Å². The van der Waals surface area contributed by atoms with Crippen LogP contribution in [-0.2, 0) is 6.54 Å². The summed E-state index contributed by atoms with van der Waals surface area (Å²) in [4.78, 5) is 5.47. The van der Waals surface area contributed by atoms with Crippen LogP contribution in [0.15, 0.2) is 6.20 Å². The largest absolute Gasteiger partial charge is 0.396 e. The molecule has 1 aromatic rings. The maximum atomic E-state index is 9.11. The van der Waals surface area contributed by atoms with Crippen LogP contribution in [0.25, 0.3) is 0 Å². The molecular formula is C10H16N2OS. The molecule has 1 aromatic heterocycles. The Kier molecular flexibility index (Phi) is 2.85. The Morgan fingerprint density at radius 2 is 2.43 bits per heavy atom. The van der Waals surface area contributed by atoms with Gasteiger partial charge < -0.3 is 10.4 Å². The van der Waals surface area contributed by atoms with E-state index in [0.717, 1.165) is 30.9 Å². The van der Waals surface area contributed by atoms with E-state index in [2.05, 4.69) is 10.3 Å². The van der Waals surface area contributed by atoms with Gasteiger partial charge in [0.25, 0.3) is 0 Å². The van der Waals surface area contributed by atoms with E-state index in [1.54, 1.807) is 11.3 Å². The van der Waals surface area contributed by atoms with E-state index in [0.29, 0.717) is 6.61 Å². The Labute approximate surface area is 88.2 Å². The second-order valence-electron chi connectivity index (χ2n) is 4.11. The minimum Gasteiger partial charge on any atom is -0.396 e. The Morgan fingerprint density at radius 1 is 1.64 bits per heavy atom. The van der Waals surface area contributed by atoms with Crippen molar-refractivity contribution in [2.45, 2.75) is 26.3 Å². The highest BCUT2D eigenvalue weighted by molar-refractivity contribution is 7.11. The lowest BCUT2D eigenvalue weighted by atomic mass is 10.1. The summed E-state index contributed by atoms with van der Waals surface area (Å²) in [6.07, 6.45) is 4.25. The molecule has 1 fully saturated rings. The van der Waals surface area contributed by atoms with Crippen molar-refractivity contribution in [1.29, 1.82) is 0 Å². The van der Waals surface area contributed by atoms with Crippen molar-refractivity contribution in [3.8, 4) is 0 Å². The molecule has 0 aliphatic heterocycles. The van der Waals surface area contributed by atoms with Crippen LogP contribution in [-0.4, -0.2) is 23.2 Å². The van der Waals surface area contributed by atoms with Gasteiger partial charge in [0.15, 0.2) is 0 Å². The van der Waals surface area contributed by atoms with Gasteiger partial charge in [0, 0.05) is 36.2 Å². The van der Waals surface area contributed by atoms with E-state index >= 15 is 0 Å². The van der Waals surface area contributed by atoms with Gasteiger partial charge in [0.1, 0.15) is 0 Å². The maximum Gasteiger partial charge on any atom is 0.0897 e. The topological polar surface area (TPSA) is 45.2 Å². The Bertz CT molecular complexity index is 307. The monoisotopic (exact) mass is 212 g/mol. The van der Waals surface area contributed by atoms with E-state index in [4.69, 9.17) is 5.11 Å². The molecule has 78 valence electrons. The number of thiazole rings is 1. The second-order valence-corrected chi connectivity index (χ2v) is 5.43. The van der Waals surface area contributed by atoms with Gasteiger partial charge >= 0.3 is 0 Å². The smallest absolute Gasteiger partial charge is 0.0897 e. The molecular weight excluding hydrogens is 196 g/mol. The molecule has 3 nitrogen and oxygen atoms in total. The molecule has 0 saturated heterocycles. The standard InChI is InChI=1S/C10H16N2OS/c1-8-12-5-9(14-8)4-11-6-10(7-13)2-3-10/h5,11,13H,2-4,6-7H2,1H3. The van der Waals surface area contributed by atoms with Crippen molar-refractivity contribution in [2.75, 3.05) is 13.2 Å². The van der Waals surface area contributed by atoms with Crippen molar-refractivity contribution in [3.63, 3.8) is 0 Å². The van der Waals surface area contributed by atoms with Crippen LogP contribution >= 0.6 is 11.3 Å². The highest BCUT2D eigenvalue weighted by Gasteiger charge is 2.41. The number of hydrogen-bond donors (Lipinski definition) is 2. The molecule has 0 spiro atoms. The number of nitrogens with one attached hydrogen (secondary N) is 1. The zero-order valence-electron chi connectivity index (χ0n) is 8.42. The average molecular weight is 212 g/mol. The van der Waals surface area contributed by atoms with Gasteiger partial charge in [-0.05, 0) is 19.8 Å². The number of aliphatic hydroxyl groups is 1. The summed E-state index contributed by atoms with van der Waals surface area (Å²) in [6.45, 7) is 4.15. The predicted molar refractivity (Wildman–Crippen MR) is 57.3 cm³/mol. The number of hydrogen-bond acceptors (Lipinski definition) is 4. The molecule has 2 rings (SSSR count). The van der Waals surface area contributed by atoms with Gasteiger partial charge in [-0.2, -0.15) is 0 Å². The minimum absolute atomic E-state index is 0.208. The molecule has 1 saturated carbocycles. The molecule has 0 aromatic carbocycles. The van der Waals surface area contributed by atoms with E-state index in [-0.39, 0.29) is 5.41 Å². The molecule has 1 aliphatic rings. The van der Waals surface area contributed by atoms with Gasteiger partial charge in [0.05, 0.1) is 5.01 Å². The summed E-state index contributed by atoms with van der Waals surface area (Å²) < 4.78 is 0. The van der Waals surface area contributed by atoms with Crippen LogP contribution in [0.3, 0.4) is 0 Å². The first-order valence-electron chi connectivity index (χ1n) is 4.97. The highest BCUT2D eigenvalue weighted by atomic mass is 32.1. The zero-order valence-corrected chi connectivity index (χ0v) is 9.23. The Balaban J connectivity index is 1.73. The van der Waals surface area contributed by atoms with Crippen LogP contribution in [0.1, 0.15) is 22.7 Å². The first-order chi connectivity index (χ1) is 6.74. The third-order valence-corrected chi connectivity index (χ3v) is 3.67. The minimum atomic E-state index is 0.208. The molecule has 0 atom stereocenters. The van der Waals surface area contributed by atoms with Gasteiger partial charge in [-0.25, -0.2) is 4.98 Å². The van der Waals surface area contributed by atoms with E-state index in [1.165, 1.54) is 4.88 Å². The van der Waals surface area contributed by atoms with Gasteiger partial charge in [-0.3, -0.25) is 0 Å². The predicted octanol–water partition coefficient (Wildman–Crippen LogP) is 1.31. The summed E-state index contributed by atoms with van der Waals surface area (Å²) in [7, 11) is 0. The van der Waals surface area contributed by atoms with Crippen LogP contribution in [0.4, 0.5) is 0 Å². The average Bonchev–Trinajstić information content (AvgIpc) is 2.84. The van der Waals surface area contributed by atoms with Crippen LogP contribution in [0.2, 0.25) is 0 Å². The molecule has 1 heterocycles. The fraction of sp³-hybridized carbons (Fsp3) is 0.700. The van der Waals surface area contributed by atoms with E-state index in [9.17, 15) is 0 Å². The first kappa shape index (κ1) is 10.1. The lowest BCUT2D eigenvalue weighted by Gasteiger charge is -2.11. The third-order valence-electron chi connectivity index (χ3n) is 2.76. The summed E-state index contributed by atoms with van der Waals surface area (Å²) in [5.41, 5.74) is 0.208. The molecule has 1 aliphatic carbocycles. The lowest BCUT2D eigenvalue weighted by molar-refractivity contribution is 0.207. The van der Waals surface area contributed by atoms with Crippen molar-refractivity contribution in [3.05, 3.63) is 16.1 Å². The first-order valence-corrected chi connectivity index (χ1v) is 5.79. The van der Waals surface area contributed by atoms with Crippen LogP contribution in [0.5, 0.6) is 0 Å². The van der Waals surface area contributed by atoms with E-state index < -0.39 is 0 Å². The summed E-state index contributed by atoms with van der Waals surface area (Å²) in [5.74, 6) is 0. The number of rotatable bonds is 5. The Morgan fingerprint density at radius 3 is 2.93 bits per heavy atom. The Hall–Kier alpha value is -0.450. The summed E-state index contributed by atoms with van der Waals surface area (Å²) >= 11 is 1.73. The number of aryl methyl sites for hydroxylation is 1. The van der Waals surface area contributed by atoms with Gasteiger partial charge in [0.2, 0.25) is 0 Å². The molecule has 2 N–H and O–H groups in total. The molecule has 0 unspecified atom stereocenters. The summed E-state index contributed by atoms with van der Waals surface area (Å²) in [5, 5.41) is 13.6. The number of aliphatic hydroxyl groups excluding tert-OH is 1. The molecule has 0 bridgehead atoms. The second kappa shape index (κ2) is 3.96. The molecule has 14 heavy (non-hydrogen) atoms. The summed E-state index contributed by atoms with van der Waals surface area (Å²) in [6, 6.07) is 0. The SMILES string of the molecule is Cc1ncc(CNCC2(CO)CC2)s1. The van der Waals surface area contributed by atoms with E-state index in [1.807, 2.05) is 13.1 Å². The number of aromatic nitrogens is 1. The normalized spacial score (nSPS) is 18.4. The third kappa shape index (κ3) is 2.32. The lowest BCUT2D eigenvalue weighted by Crippen LogP contribution is -2.25. The maximum absolute atomic E-state index is 9.11. The quantitative estimate of drug-likeness (QED) is 0.773. The van der Waals surface area contributed by atoms with Crippen LogP contribution in [0, 0.1) is 12.3 Å². The fourth-order valence-electron chi connectivity index (χ4n) is 1.51. The molecule has 0 amide bonds. The van der Waals surface area contributed by atoms with Crippen molar-refractivity contribution >= 4 is 11.3 Å². The molecule has 0 radical (unpaired) electrons. The fourth-order valence-corrected chi connectivity index (χ4v) is 2.27. The molecule has 4 heteroatoms. The van der Waals surface area contributed by atoms with Crippen LogP contribution < -0.4 is 5.32 Å². The zero-order chi connectivity index (χ0) is 10.0. The van der Waals surface area contributed by atoms with Gasteiger partial charge in [-0.15, -0.1) is 11.3 Å². The highest BCUT2D eigenvalue weighted by Crippen LogP contribution is 2.44. The van der Waals surface area contributed by atoms with Gasteiger partial charge in [-0.1, -0.05) is 0 Å².